The van der Waals surface area contributed by atoms with Gasteiger partial charge >= 0.3 is 6.18 Å². The first-order chi connectivity index (χ1) is 9.70. The minimum atomic E-state index is -4.67. The Morgan fingerprint density at radius 2 is 1.95 bits per heavy atom. The minimum Gasteiger partial charge on any atom is -0.507 e. The molecule has 0 saturated carbocycles. The van der Waals surface area contributed by atoms with Crippen LogP contribution < -0.4 is 5.73 Å². The van der Waals surface area contributed by atoms with Crippen molar-refractivity contribution in [2.24, 2.45) is 11.7 Å². The van der Waals surface area contributed by atoms with Crippen molar-refractivity contribution in [3.63, 3.8) is 0 Å². The van der Waals surface area contributed by atoms with Crippen molar-refractivity contribution >= 4 is 0 Å². The highest BCUT2D eigenvalue weighted by Crippen LogP contribution is 2.37. The Morgan fingerprint density at radius 3 is 2.52 bits per heavy atom. The number of benzene rings is 1. The summed E-state index contributed by atoms with van der Waals surface area (Å²) in [7, 11) is 0. The SMILES string of the molecule is CC(C)C(N)c1nc(-c2ccc(O)c(C(F)(F)F)c2)no1. The van der Waals surface area contributed by atoms with E-state index in [1.807, 2.05) is 13.8 Å². The van der Waals surface area contributed by atoms with E-state index in [2.05, 4.69) is 10.1 Å². The lowest BCUT2D eigenvalue weighted by Gasteiger charge is -2.10. The third-order valence-corrected chi connectivity index (χ3v) is 3.01. The van der Waals surface area contributed by atoms with E-state index in [9.17, 15) is 18.3 Å². The van der Waals surface area contributed by atoms with Gasteiger partial charge in [0, 0.05) is 5.56 Å². The number of aromatic nitrogens is 2. The monoisotopic (exact) mass is 301 g/mol. The average molecular weight is 301 g/mol. The van der Waals surface area contributed by atoms with Gasteiger partial charge in [-0.05, 0) is 24.1 Å². The second-order valence-electron chi connectivity index (χ2n) is 4.96. The number of hydrogen-bond acceptors (Lipinski definition) is 5. The second kappa shape index (κ2) is 5.36. The fraction of sp³-hybridized carbons (Fsp3) is 0.385. The number of aromatic hydroxyl groups is 1. The first-order valence-corrected chi connectivity index (χ1v) is 6.20. The Kier molecular flexibility index (Phi) is 3.91. The molecule has 1 heterocycles. The molecule has 2 aromatic rings. The summed E-state index contributed by atoms with van der Waals surface area (Å²) in [6, 6.07) is 2.49. The molecule has 0 amide bonds. The molecule has 0 radical (unpaired) electrons. The molecule has 0 aliphatic carbocycles. The standard InChI is InChI=1S/C13H14F3N3O2/c1-6(2)10(17)12-18-11(19-21-12)7-3-4-9(20)8(5-7)13(14,15)16/h3-6,10,20H,17H2,1-2H3. The van der Waals surface area contributed by atoms with Gasteiger partial charge in [0.25, 0.3) is 0 Å². The quantitative estimate of drug-likeness (QED) is 0.909. The largest absolute Gasteiger partial charge is 0.507 e. The van der Waals surface area contributed by atoms with Crippen molar-refractivity contribution in [3.8, 4) is 17.1 Å². The average Bonchev–Trinajstić information content (AvgIpc) is 2.86. The molecule has 2 rings (SSSR count). The molecule has 1 aromatic heterocycles. The highest BCUT2D eigenvalue weighted by molar-refractivity contribution is 5.58. The third kappa shape index (κ3) is 3.15. The highest BCUT2D eigenvalue weighted by Gasteiger charge is 2.34. The number of halogens is 3. The molecule has 0 aliphatic rings. The number of rotatable bonds is 3. The van der Waals surface area contributed by atoms with Crippen LogP contribution >= 0.6 is 0 Å². The number of nitrogens with zero attached hydrogens (tertiary/aromatic N) is 2. The van der Waals surface area contributed by atoms with Crippen LogP contribution in [-0.2, 0) is 6.18 Å². The van der Waals surface area contributed by atoms with Gasteiger partial charge in [-0.15, -0.1) is 0 Å². The summed E-state index contributed by atoms with van der Waals surface area (Å²) >= 11 is 0. The molecular weight excluding hydrogens is 287 g/mol. The molecule has 0 spiro atoms. The summed E-state index contributed by atoms with van der Waals surface area (Å²) in [5.74, 6) is -0.661. The van der Waals surface area contributed by atoms with Gasteiger partial charge in [0.2, 0.25) is 11.7 Å². The van der Waals surface area contributed by atoms with Crippen LogP contribution in [0.1, 0.15) is 31.3 Å². The fourth-order valence-corrected chi connectivity index (χ4v) is 1.68. The van der Waals surface area contributed by atoms with Crippen LogP contribution in [0.2, 0.25) is 0 Å². The predicted octanol–water partition coefficient (Wildman–Crippen LogP) is 3.12. The Morgan fingerprint density at radius 1 is 1.29 bits per heavy atom. The lowest BCUT2D eigenvalue weighted by atomic mass is 10.1. The predicted molar refractivity (Wildman–Crippen MR) is 68.2 cm³/mol. The summed E-state index contributed by atoms with van der Waals surface area (Å²) in [5, 5.41) is 12.9. The van der Waals surface area contributed by atoms with E-state index in [4.69, 9.17) is 10.3 Å². The van der Waals surface area contributed by atoms with Gasteiger partial charge in [-0.2, -0.15) is 18.2 Å². The van der Waals surface area contributed by atoms with Crippen molar-refractivity contribution in [1.82, 2.24) is 10.1 Å². The maximum atomic E-state index is 12.7. The van der Waals surface area contributed by atoms with E-state index in [0.29, 0.717) is 0 Å². The molecule has 1 atom stereocenters. The summed E-state index contributed by atoms with van der Waals surface area (Å²) in [6.07, 6.45) is -4.67. The summed E-state index contributed by atoms with van der Waals surface area (Å²) in [4.78, 5) is 4.00. The van der Waals surface area contributed by atoms with Crippen LogP contribution in [0.5, 0.6) is 5.75 Å². The molecule has 0 saturated heterocycles. The lowest BCUT2D eigenvalue weighted by molar-refractivity contribution is -0.138. The molecule has 21 heavy (non-hydrogen) atoms. The topological polar surface area (TPSA) is 85.2 Å². The molecule has 114 valence electrons. The van der Waals surface area contributed by atoms with Crippen molar-refractivity contribution in [2.75, 3.05) is 0 Å². The van der Waals surface area contributed by atoms with E-state index in [1.165, 1.54) is 6.07 Å². The Balaban J connectivity index is 2.40. The van der Waals surface area contributed by atoms with E-state index >= 15 is 0 Å². The zero-order valence-electron chi connectivity index (χ0n) is 11.3. The summed E-state index contributed by atoms with van der Waals surface area (Å²) < 4.78 is 43.2. The molecule has 1 unspecified atom stereocenters. The normalized spacial score (nSPS) is 13.7. The Hall–Kier alpha value is -2.09. The molecular formula is C13H14F3N3O2. The highest BCUT2D eigenvalue weighted by atomic mass is 19.4. The Labute approximate surface area is 118 Å². The molecule has 1 aromatic carbocycles. The maximum Gasteiger partial charge on any atom is 0.419 e. The molecule has 3 N–H and O–H groups in total. The van der Waals surface area contributed by atoms with Gasteiger partial charge in [-0.1, -0.05) is 19.0 Å². The zero-order chi connectivity index (χ0) is 15.8. The first-order valence-electron chi connectivity index (χ1n) is 6.20. The number of phenols is 1. The Bertz CT molecular complexity index is 638. The summed E-state index contributed by atoms with van der Waals surface area (Å²) in [5.41, 5.74) is 4.77. The van der Waals surface area contributed by atoms with E-state index in [-0.39, 0.29) is 23.2 Å². The second-order valence-corrected chi connectivity index (χ2v) is 4.96. The van der Waals surface area contributed by atoms with E-state index in [0.717, 1.165) is 12.1 Å². The number of nitrogens with two attached hydrogens (primary N) is 1. The van der Waals surface area contributed by atoms with Gasteiger partial charge in [0.15, 0.2) is 0 Å². The van der Waals surface area contributed by atoms with Crippen LogP contribution in [0.15, 0.2) is 22.7 Å². The zero-order valence-corrected chi connectivity index (χ0v) is 11.3. The van der Waals surface area contributed by atoms with Crippen molar-refractivity contribution in [1.29, 1.82) is 0 Å². The number of phenolic OH excluding ortho intramolecular Hbond substituents is 1. The third-order valence-electron chi connectivity index (χ3n) is 3.01. The molecule has 0 fully saturated rings. The van der Waals surface area contributed by atoms with Gasteiger partial charge < -0.3 is 15.4 Å². The maximum absolute atomic E-state index is 12.7. The van der Waals surface area contributed by atoms with Gasteiger partial charge in [0.1, 0.15) is 5.75 Å². The number of alkyl halides is 3. The molecule has 5 nitrogen and oxygen atoms in total. The summed E-state index contributed by atoms with van der Waals surface area (Å²) in [6.45, 7) is 3.72. The van der Waals surface area contributed by atoms with Crippen LogP contribution in [0.25, 0.3) is 11.4 Å². The molecule has 8 heteroatoms. The fourth-order valence-electron chi connectivity index (χ4n) is 1.68. The van der Waals surface area contributed by atoms with Gasteiger partial charge in [-0.3, -0.25) is 0 Å². The van der Waals surface area contributed by atoms with Crippen molar-refractivity contribution in [2.45, 2.75) is 26.1 Å². The molecule has 0 aliphatic heterocycles. The van der Waals surface area contributed by atoms with Crippen LogP contribution in [0, 0.1) is 5.92 Å². The lowest BCUT2D eigenvalue weighted by Crippen LogP contribution is -2.16. The number of hydrogen-bond donors (Lipinski definition) is 2. The van der Waals surface area contributed by atoms with E-state index in [1.54, 1.807) is 0 Å². The van der Waals surface area contributed by atoms with E-state index < -0.39 is 23.5 Å². The minimum absolute atomic E-state index is 0.00778. The smallest absolute Gasteiger partial charge is 0.419 e. The van der Waals surface area contributed by atoms with Crippen LogP contribution in [-0.4, -0.2) is 15.2 Å². The van der Waals surface area contributed by atoms with Gasteiger partial charge in [-0.25, -0.2) is 0 Å². The van der Waals surface area contributed by atoms with Crippen LogP contribution in [0.4, 0.5) is 13.2 Å². The van der Waals surface area contributed by atoms with Gasteiger partial charge in [0.05, 0.1) is 11.6 Å². The van der Waals surface area contributed by atoms with Crippen molar-refractivity contribution in [3.05, 3.63) is 29.7 Å². The van der Waals surface area contributed by atoms with Crippen molar-refractivity contribution < 1.29 is 22.8 Å². The molecule has 0 bridgehead atoms. The van der Waals surface area contributed by atoms with Crippen LogP contribution in [0.3, 0.4) is 0 Å². The first kappa shape index (κ1) is 15.3.